The molecule has 21 heavy (non-hydrogen) atoms. The van der Waals surface area contributed by atoms with Crippen LogP contribution in [0.15, 0.2) is 41.2 Å². The van der Waals surface area contributed by atoms with Crippen LogP contribution < -0.4 is 16.0 Å². The van der Waals surface area contributed by atoms with Crippen molar-refractivity contribution in [2.45, 2.75) is 38.8 Å². The number of anilines is 1. The van der Waals surface area contributed by atoms with E-state index in [0.29, 0.717) is 11.7 Å². The van der Waals surface area contributed by atoms with Crippen molar-refractivity contribution < 1.29 is 4.74 Å². The van der Waals surface area contributed by atoms with Crippen molar-refractivity contribution in [2.75, 3.05) is 5.73 Å². The molecule has 1 fully saturated rings. The smallest absolute Gasteiger partial charge is 0.274 e. The molecule has 1 aliphatic rings. The highest BCUT2D eigenvalue weighted by Crippen LogP contribution is 2.37. The molecule has 0 aliphatic heterocycles. The lowest BCUT2D eigenvalue weighted by Gasteiger charge is -2.14. The van der Waals surface area contributed by atoms with E-state index in [1.165, 1.54) is 0 Å². The zero-order chi connectivity index (χ0) is 15.0. The maximum absolute atomic E-state index is 12.3. The summed E-state index contributed by atoms with van der Waals surface area (Å²) < 4.78 is 7.48. The number of hydrogen-bond acceptors (Lipinski definition) is 3. The van der Waals surface area contributed by atoms with Crippen LogP contribution in [-0.4, -0.2) is 10.7 Å². The van der Waals surface area contributed by atoms with Gasteiger partial charge in [-0.25, -0.2) is 0 Å². The lowest BCUT2D eigenvalue weighted by molar-refractivity contribution is 0.242. The first-order valence-electron chi connectivity index (χ1n) is 7.34. The molecular formula is C17H20N2O2. The Kier molecular flexibility index (Phi) is 3.45. The van der Waals surface area contributed by atoms with E-state index in [9.17, 15) is 4.79 Å². The lowest BCUT2D eigenvalue weighted by Crippen LogP contribution is -2.23. The summed E-state index contributed by atoms with van der Waals surface area (Å²) in [5.74, 6) is 0.838. The first-order valence-corrected chi connectivity index (χ1v) is 7.34. The van der Waals surface area contributed by atoms with Gasteiger partial charge in [0.2, 0.25) is 0 Å². The van der Waals surface area contributed by atoms with Gasteiger partial charge in [-0.3, -0.25) is 4.79 Å². The summed E-state index contributed by atoms with van der Waals surface area (Å²) in [6.07, 6.45) is 2.24. The molecule has 1 heterocycles. The van der Waals surface area contributed by atoms with E-state index in [1.54, 1.807) is 6.07 Å². The highest BCUT2D eigenvalue weighted by Gasteiger charge is 2.27. The Hall–Kier alpha value is -2.23. The maximum Gasteiger partial charge on any atom is 0.274 e. The zero-order valence-corrected chi connectivity index (χ0v) is 12.4. The van der Waals surface area contributed by atoms with Crippen LogP contribution in [-0.2, 0) is 0 Å². The van der Waals surface area contributed by atoms with Crippen molar-refractivity contribution in [1.29, 1.82) is 0 Å². The summed E-state index contributed by atoms with van der Waals surface area (Å²) in [7, 11) is 0. The summed E-state index contributed by atoms with van der Waals surface area (Å²) in [6.45, 7) is 4.00. The molecule has 2 aromatic rings. The summed E-state index contributed by atoms with van der Waals surface area (Å²) in [6, 6.07) is 11.8. The molecule has 4 heteroatoms. The van der Waals surface area contributed by atoms with Gasteiger partial charge in [-0.15, -0.1) is 0 Å². The van der Waals surface area contributed by atoms with Gasteiger partial charge >= 0.3 is 0 Å². The van der Waals surface area contributed by atoms with E-state index in [0.717, 1.165) is 29.8 Å². The Balaban J connectivity index is 2.00. The number of benzene rings is 1. The Morgan fingerprint density at radius 1 is 1.14 bits per heavy atom. The van der Waals surface area contributed by atoms with Gasteiger partial charge in [0.25, 0.3) is 5.56 Å². The number of aromatic nitrogens is 1. The Bertz CT molecular complexity index is 698. The predicted octanol–water partition coefficient (Wildman–Crippen LogP) is 3.22. The summed E-state index contributed by atoms with van der Waals surface area (Å²) in [5, 5.41) is 0. The Labute approximate surface area is 124 Å². The van der Waals surface area contributed by atoms with E-state index in [1.807, 2.05) is 48.7 Å². The van der Waals surface area contributed by atoms with Crippen molar-refractivity contribution in [2.24, 2.45) is 0 Å². The molecule has 1 aromatic carbocycles. The number of rotatable bonds is 4. The fourth-order valence-electron chi connectivity index (χ4n) is 2.48. The molecule has 0 amide bonds. The average Bonchev–Trinajstić information content (AvgIpc) is 3.26. The first-order chi connectivity index (χ1) is 10.1. The molecular weight excluding hydrogens is 264 g/mol. The van der Waals surface area contributed by atoms with Crippen LogP contribution in [0, 0.1) is 0 Å². The number of nitrogens with two attached hydrogens (primary N) is 1. The van der Waals surface area contributed by atoms with E-state index in [2.05, 4.69) is 0 Å². The number of nitrogens with zero attached hydrogens (tertiary/aromatic N) is 1. The minimum atomic E-state index is -0.0856. The lowest BCUT2D eigenvalue weighted by atomic mass is 10.1. The molecule has 1 saturated carbocycles. The number of hydrogen-bond donors (Lipinski definition) is 1. The summed E-state index contributed by atoms with van der Waals surface area (Å²) in [4.78, 5) is 12.3. The van der Waals surface area contributed by atoms with E-state index < -0.39 is 0 Å². The fraction of sp³-hybridized carbons (Fsp3) is 0.353. The Morgan fingerprint density at radius 2 is 1.81 bits per heavy atom. The van der Waals surface area contributed by atoms with Crippen molar-refractivity contribution in [3.63, 3.8) is 0 Å². The van der Waals surface area contributed by atoms with Gasteiger partial charge in [0.05, 0.1) is 17.5 Å². The third kappa shape index (κ3) is 2.79. The molecule has 1 aliphatic carbocycles. The van der Waals surface area contributed by atoms with Gasteiger partial charge in [0, 0.05) is 6.04 Å². The molecule has 1 aromatic heterocycles. The molecule has 0 spiro atoms. The van der Waals surface area contributed by atoms with Crippen LogP contribution in [0.1, 0.15) is 32.7 Å². The quantitative estimate of drug-likeness (QED) is 0.937. The average molecular weight is 284 g/mol. The van der Waals surface area contributed by atoms with Crippen molar-refractivity contribution in [1.82, 2.24) is 4.57 Å². The summed E-state index contributed by atoms with van der Waals surface area (Å²) >= 11 is 0. The second-order valence-electron chi connectivity index (χ2n) is 5.77. The van der Waals surface area contributed by atoms with Gasteiger partial charge in [-0.05, 0) is 68.7 Å². The fourth-order valence-corrected chi connectivity index (χ4v) is 2.48. The molecule has 110 valence electrons. The maximum atomic E-state index is 12.3. The van der Waals surface area contributed by atoms with Gasteiger partial charge in [0.1, 0.15) is 5.75 Å². The molecule has 2 N–H and O–H groups in total. The topological polar surface area (TPSA) is 57.2 Å². The van der Waals surface area contributed by atoms with Crippen molar-refractivity contribution in [3.8, 4) is 17.0 Å². The van der Waals surface area contributed by atoms with Crippen LogP contribution in [0.4, 0.5) is 5.69 Å². The van der Waals surface area contributed by atoms with Crippen molar-refractivity contribution in [3.05, 3.63) is 46.8 Å². The minimum absolute atomic E-state index is 0.0856. The standard InChI is InChI=1S/C17H20N2O2/c1-11(2)21-14-7-3-12(4-8-14)16-10-9-15(18)17(20)19(16)13-5-6-13/h3-4,7-11,13H,5-6,18H2,1-2H3. The van der Waals surface area contributed by atoms with Crippen LogP contribution in [0.5, 0.6) is 5.75 Å². The van der Waals surface area contributed by atoms with E-state index in [-0.39, 0.29) is 11.7 Å². The van der Waals surface area contributed by atoms with Crippen LogP contribution in [0.3, 0.4) is 0 Å². The normalized spacial score (nSPS) is 14.4. The Morgan fingerprint density at radius 3 is 2.38 bits per heavy atom. The van der Waals surface area contributed by atoms with Crippen LogP contribution >= 0.6 is 0 Å². The predicted molar refractivity (Wildman–Crippen MR) is 84.6 cm³/mol. The number of pyridine rings is 1. The van der Waals surface area contributed by atoms with E-state index >= 15 is 0 Å². The third-order valence-corrected chi connectivity index (χ3v) is 3.58. The van der Waals surface area contributed by atoms with Gasteiger partial charge in [-0.1, -0.05) is 0 Å². The SMILES string of the molecule is CC(C)Oc1ccc(-c2ccc(N)c(=O)n2C2CC2)cc1. The molecule has 0 saturated heterocycles. The highest BCUT2D eigenvalue weighted by molar-refractivity contribution is 5.62. The minimum Gasteiger partial charge on any atom is -0.491 e. The monoisotopic (exact) mass is 284 g/mol. The number of nitrogen functional groups attached to an aromatic ring is 1. The molecule has 0 bridgehead atoms. The summed E-state index contributed by atoms with van der Waals surface area (Å²) in [5.41, 5.74) is 7.92. The zero-order valence-electron chi connectivity index (χ0n) is 12.4. The van der Waals surface area contributed by atoms with Gasteiger partial charge in [-0.2, -0.15) is 0 Å². The van der Waals surface area contributed by atoms with Gasteiger partial charge in [0.15, 0.2) is 0 Å². The highest BCUT2D eigenvalue weighted by atomic mass is 16.5. The molecule has 0 unspecified atom stereocenters. The third-order valence-electron chi connectivity index (χ3n) is 3.58. The first kappa shape index (κ1) is 13.7. The molecule has 0 atom stereocenters. The molecule has 0 radical (unpaired) electrons. The molecule has 4 nitrogen and oxygen atoms in total. The van der Waals surface area contributed by atoms with Crippen molar-refractivity contribution >= 4 is 5.69 Å². The molecule has 3 rings (SSSR count). The number of ether oxygens (including phenoxy) is 1. The van der Waals surface area contributed by atoms with Crippen LogP contribution in [0.2, 0.25) is 0 Å². The second kappa shape index (κ2) is 5.28. The largest absolute Gasteiger partial charge is 0.491 e. The van der Waals surface area contributed by atoms with E-state index in [4.69, 9.17) is 10.5 Å². The second-order valence-corrected chi connectivity index (χ2v) is 5.77. The van der Waals surface area contributed by atoms with Crippen LogP contribution in [0.25, 0.3) is 11.3 Å². The van der Waals surface area contributed by atoms with Gasteiger partial charge < -0.3 is 15.0 Å².